The van der Waals surface area contributed by atoms with Crippen LogP contribution in [-0.4, -0.2) is 28.6 Å². The summed E-state index contributed by atoms with van der Waals surface area (Å²) in [5.41, 5.74) is 2.47. The minimum absolute atomic E-state index is 0.0214. The number of hydrogen-bond donors (Lipinski definition) is 1. The van der Waals surface area contributed by atoms with Gasteiger partial charge in [0.15, 0.2) is 6.61 Å². The molecule has 0 bridgehead atoms. The number of nitrogens with zero attached hydrogens (tertiary/aromatic N) is 2. The summed E-state index contributed by atoms with van der Waals surface area (Å²) < 4.78 is 7.22. The second kappa shape index (κ2) is 6.67. The van der Waals surface area contributed by atoms with Crippen LogP contribution in [0.1, 0.15) is 11.4 Å². The van der Waals surface area contributed by atoms with Gasteiger partial charge in [-0.25, -0.2) is 0 Å². The monoisotopic (exact) mass is 305 g/mol. The predicted octanol–water partition coefficient (Wildman–Crippen LogP) is 2.78. The summed E-state index contributed by atoms with van der Waals surface area (Å²) in [6.07, 6.45) is 2.02. The van der Waals surface area contributed by atoms with Gasteiger partial charge in [0.2, 0.25) is 0 Å². The van der Waals surface area contributed by atoms with Crippen molar-refractivity contribution in [2.24, 2.45) is 7.05 Å². The Hall–Kier alpha value is -1.95. The second-order valence-electron chi connectivity index (χ2n) is 4.68. The van der Waals surface area contributed by atoms with Crippen LogP contribution in [0, 0.1) is 13.8 Å². The molecule has 0 aliphatic rings. The molecule has 1 amide bonds. The molecule has 2 aromatic rings. The van der Waals surface area contributed by atoms with Crippen molar-refractivity contribution in [1.82, 2.24) is 9.78 Å². The largest absolute Gasteiger partial charge is 0.484 e. The summed E-state index contributed by atoms with van der Waals surface area (Å²) in [7, 11) is 1.85. The van der Waals surface area contributed by atoms with Crippen molar-refractivity contribution in [2.45, 2.75) is 18.7 Å². The van der Waals surface area contributed by atoms with Crippen LogP contribution in [-0.2, 0) is 11.8 Å². The molecule has 6 heteroatoms. The van der Waals surface area contributed by atoms with Gasteiger partial charge in [-0.05, 0) is 44.4 Å². The van der Waals surface area contributed by atoms with E-state index in [-0.39, 0.29) is 12.5 Å². The maximum Gasteiger partial charge on any atom is 0.262 e. The van der Waals surface area contributed by atoms with Gasteiger partial charge in [-0.3, -0.25) is 9.48 Å². The van der Waals surface area contributed by atoms with Crippen molar-refractivity contribution in [2.75, 3.05) is 18.2 Å². The molecule has 0 spiro atoms. The summed E-state index contributed by atoms with van der Waals surface area (Å²) in [6, 6.07) is 7.65. The molecule has 0 saturated heterocycles. The summed E-state index contributed by atoms with van der Waals surface area (Å²) >= 11 is 1.67. The van der Waals surface area contributed by atoms with Crippen molar-refractivity contribution in [3.63, 3.8) is 0 Å². The van der Waals surface area contributed by atoms with E-state index in [2.05, 4.69) is 10.4 Å². The van der Waals surface area contributed by atoms with Gasteiger partial charge in [0.05, 0.1) is 17.1 Å². The van der Waals surface area contributed by atoms with Crippen LogP contribution >= 0.6 is 11.8 Å². The molecule has 0 atom stereocenters. The Labute approximate surface area is 128 Å². The highest BCUT2D eigenvalue weighted by molar-refractivity contribution is 7.98. The predicted molar refractivity (Wildman–Crippen MR) is 85.0 cm³/mol. The van der Waals surface area contributed by atoms with E-state index in [1.54, 1.807) is 16.4 Å². The number of carbonyl (C=O) groups excluding carboxylic acids is 1. The van der Waals surface area contributed by atoms with E-state index < -0.39 is 0 Å². The summed E-state index contributed by atoms with van der Waals surface area (Å²) in [5.74, 6) is 0.491. The lowest BCUT2D eigenvalue weighted by Gasteiger charge is -2.08. The molecule has 0 fully saturated rings. The Morgan fingerprint density at radius 3 is 2.52 bits per heavy atom. The normalized spacial score (nSPS) is 10.5. The van der Waals surface area contributed by atoms with Gasteiger partial charge in [-0.15, -0.1) is 11.8 Å². The number of hydrogen-bond acceptors (Lipinski definition) is 4. The van der Waals surface area contributed by atoms with Crippen LogP contribution < -0.4 is 10.1 Å². The molecule has 112 valence electrons. The number of rotatable bonds is 5. The zero-order chi connectivity index (χ0) is 15.4. The smallest absolute Gasteiger partial charge is 0.262 e. The minimum atomic E-state index is -0.192. The number of aromatic nitrogens is 2. The van der Waals surface area contributed by atoms with Crippen LogP contribution in [0.5, 0.6) is 5.75 Å². The third-order valence-electron chi connectivity index (χ3n) is 3.20. The van der Waals surface area contributed by atoms with Gasteiger partial charge in [-0.2, -0.15) is 5.10 Å². The van der Waals surface area contributed by atoms with Crippen LogP contribution in [0.15, 0.2) is 29.2 Å². The van der Waals surface area contributed by atoms with E-state index in [1.165, 1.54) is 0 Å². The quantitative estimate of drug-likeness (QED) is 0.863. The van der Waals surface area contributed by atoms with Crippen LogP contribution in [0.3, 0.4) is 0 Å². The highest BCUT2D eigenvalue weighted by Crippen LogP contribution is 2.20. The SMILES string of the molecule is CSc1ccc(OCC(=O)Nc2c(C)nn(C)c2C)cc1. The zero-order valence-electron chi connectivity index (χ0n) is 12.6. The Morgan fingerprint density at radius 1 is 1.33 bits per heavy atom. The van der Waals surface area contributed by atoms with Gasteiger partial charge in [-0.1, -0.05) is 0 Å². The maximum atomic E-state index is 11.9. The minimum Gasteiger partial charge on any atom is -0.484 e. The van der Waals surface area contributed by atoms with Crippen molar-refractivity contribution in [3.8, 4) is 5.75 Å². The fourth-order valence-electron chi connectivity index (χ4n) is 1.95. The molecule has 0 aliphatic carbocycles. The number of benzene rings is 1. The maximum absolute atomic E-state index is 11.9. The first-order chi connectivity index (χ1) is 10.0. The molecule has 21 heavy (non-hydrogen) atoms. The molecule has 2 rings (SSSR count). The molecule has 0 saturated carbocycles. The lowest BCUT2D eigenvalue weighted by Crippen LogP contribution is -2.20. The number of ether oxygens (including phenoxy) is 1. The molecule has 1 heterocycles. The molecule has 1 aromatic carbocycles. The second-order valence-corrected chi connectivity index (χ2v) is 5.56. The number of amides is 1. The number of aryl methyl sites for hydroxylation is 2. The number of carbonyl (C=O) groups is 1. The Balaban J connectivity index is 1.92. The third-order valence-corrected chi connectivity index (χ3v) is 3.95. The molecule has 5 nitrogen and oxygen atoms in total. The summed E-state index contributed by atoms with van der Waals surface area (Å²) in [5, 5.41) is 7.10. The van der Waals surface area contributed by atoms with E-state index >= 15 is 0 Å². The average Bonchev–Trinajstić information content (AvgIpc) is 2.72. The molecule has 0 unspecified atom stereocenters. The van der Waals surface area contributed by atoms with Crippen LogP contribution in [0.4, 0.5) is 5.69 Å². The van der Waals surface area contributed by atoms with Crippen LogP contribution in [0.25, 0.3) is 0 Å². The Bertz CT molecular complexity index is 635. The Kier molecular flexibility index (Phi) is 4.90. The van der Waals surface area contributed by atoms with Crippen molar-refractivity contribution in [3.05, 3.63) is 35.7 Å². The van der Waals surface area contributed by atoms with E-state index in [1.807, 2.05) is 51.4 Å². The Morgan fingerprint density at radius 2 is 2.00 bits per heavy atom. The fraction of sp³-hybridized carbons (Fsp3) is 0.333. The zero-order valence-corrected chi connectivity index (χ0v) is 13.5. The van der Waals surface area contributed by atoms with E-state index in [4.69, 9.17) is 4.74 Å². The van der Waals surface area contributed by atoms with Gasteiger partial charge in [0.25, 0.3) is 5.91 Å². The number of anilines is 1. The average molecular weight is 305 g/mol. The summed E-state index contributed by atoms with van der Waals surface area (Å²) in [6.45, 7) is 3.76. The first-order valence-electron chi connectivity index (χ1n) is 6.58. The molecule has 0 aliphatic heterocycles. The van der Waals surface area contributed by atoms with Gasteiger partial charge < -0.3 is 10.1 Å². The standard InChI is InChI=1S/C15H19N3O2S/c1-10-15(11(2)18(3)17-10)16-14(19)9-20-12-5-7-13(21-4)8-6-12/h5-8H,9H2,1-4H3,(H,16,19). The van der Waals surface area contributed by atoms with E-state index in [9.17, 15) is 4.79 Å². The molecule has 1 aromatic heterocycles. The first-order valence-corrected chi connectivity index (χ1v) is 7.80. The molecule has 1 N–H and O–H groups in total. The highest BCUT2D eigenvalue weighted by atomic mass is 32.2. The first kappa shape index (κ1) is 15.4. The summed E-state index contributed by atoms with van der Waals surface area (Å²) in [4.78, 5) is 13.1. The molecular formula is C15H19N3O2S. The number of thioether (sulfide) groups is 1. The van der Waals surface area contributed by atoms with Gasteiger partial charge >= 0.3 is 0 Å². The van der Waals surface area contributed by atoms with E-state index in [0.717, 1.165) is 22.0 Å². The van der Waals surface area contributed by atoms with Crippen molar-refractivity contribution >= 4 is 23.4 Å². The van der Waals surface area contributed by atoms with Crippen LogP contribution in [0.2, 0.25) is 0 Å². The lowest BCUT2D eigenvalue weighted by molar-refractivity contribution is -0.118. The fourth-order valence-corrected chi connectivity index (χ4v) is 2.36. The van der Waals surface area contributed by atoms with Gasteiger partial charge in [0, 0.05) is 11.9 Å². The third kappa shape index (κ3) is 3.78. The number of nitrogens with one attached hydrogen (secondary N) is 1. The molecular weight excluding hydrogens is 286 g/mol. The topological polar surface area (TPSA) is 56.1 Å². The molecule has 0 radical (unpaired) electrons. The highest BCUT2D eigenvalue weighted by Gasteiger charge is 2.12. The van der Waals surface area contributed by atoms with E-state index in [0.29, 0.717) is 5.75 Å². The van der Waals surface area contributed by atoms with Crippen molar-refractivity contribution < 1.29 is 9.53 Å². The lowest BCUT2D eigenvalue weighted by atomic mass is 10.3. The van der Waals surface area contributed by atoms with Crippen molar-refractivity contribution in [1.29, 1.82) is 0 Å². The van der Waals surface area contributed by atoms with Gasteiger partial charge in [0.1, 0.15) is 5.75 Å².